The van der Waals surface area contributed by atoms with Crippen LogP contribution in [0, 0.1) is 5.92 Å². The number of methoxy groups -OCH3 is 1. The van der Waals surface area contributed by atoms with E-state index in [4.69, 9.17) is 10.5 Å². The van der Waals surface area contributed by atoms with Gasteiger partial charge in [-0.25, -0.2) is 0 Å². The zero-order chi connectivity index (χ0) is 15.2. The van der Waals surface area contributed by atoms with Crippen molar-refractivity contribution in [3.8, 4) is 5.75 Å². The number of rotatable bonds is 6. The molecule has 0 aliphatic heterocycles. The molecule has 2 rings (SSSR count). The number of ether oxygens (including phenoxy) is 1. The molecular formula is C18H30N2O. The summed E-state index contributed by atoms with van der Waals surface area (Å²) in [4.78, 5) is 2.42. The van der Waals surface area contributed by atoms with E-state index in [9.17, 15) is 0 Å². The summed E-state index contributed by atoms with van der Waals surface area (Å²) in [6.07, 6.45) is 6.31. The highest BCUT2D eigenvalue weighted by Crippen LogP contribution is 2.31. The number of para-hydroxylation sites is 1. The molecule has 1 fully saturated rings. The largest absolute Gasteiger partial charge is 0.496 e. The molecule has 3 nitrogen and oxygen atoms in total. The van der Waals surface area contributed by atoms with E-state index >= 15 is 0 Å². The lowest BCUT2D eigenvalue weighted by atomic mass is 9.80. The Balaban J connectivity index is 2.02. The number of nitrogens with two attached hydrogens (primary N) is 1. The lowest BCUT2D eigenvalue weighted by Gasteiger charge is -2.40. The summed E-state index contributed by atoms with van der Waals surface area (Å²) in [5, 5.41) is 0. The number of hydrogen-bond acceptors (Lipinski definition) is 3. The van der Waals surface area contributed by atoms with E-state index in [0.29, 0.717) is 12.1 Å². The van der Waals surface area contributed by atoms with Gasteiger partial charge in [-0.2, -0.15) is 0 Å². The number of likely N-dealkylation sites (N-methyl/N-ethyl adjacent to an activating group) is 1. The van der Waals surface area contributed by atoms with Gasteiger partial charge in [-0.1, -0.05) is 38.0 Å². The van der Waals surface area contributed by atoms with E-state index in [1.54, 1.807) is 7.11 Å². The molecule has 3 atom stereocenters. The van der Waals surface area contributed by atoms with Crippen LogP contribution in [0.2, 0.25) is 0 Å². The normalized spacial score (nSPS) is 26.0. The molecule has 3 heteroatoms. The topological polar surface area (TPSA) is 38.5 Å². The summed E-state index contributed by atoms with van der Waals surface area (Å²) in [6, 6.07) is 9.06. The van der Waals surface area contributed by atoms with Crippen molar-refractivity contribution in [2.24, 2.45) is 11.7 Å². The summed E-state index contributed by atoms with van der Waals surface area (Å²) in [5.41, 5.74) is 7.63. The summed E-state index contributed by atoms with van der Waals surface area (Å²) < 4.78 is 5.46. The minimum absolute atomic E-state index is 0.304. The van der Waals surface area contributed by atoms with Crippen molar-refractivity contribution in [2.75, 3.05) is 14.2 Å². The monoisotopic (exact) mass is 290 g/mol. The molecule has 0 heterocycles. The number of nitrogens with zero attached hydrogens (tertiary/aromatic N) is 1. The molecule has 21 heavy (non-hydrogen) atoms. The van der Waals surface area contributed by atoms with E-state index in [2.05, 4.69) is 31.0 Å². The maximum atomic E-state index is 6.39. The number of benzene rings is 1. The highest BCUT2D eigenvalue weighted by Gasteiger charge is 2.30. The van der Waals surface area contributed by atoms with E-state index < -0.39 is 0 Å². The molecule has 2 N–H and O–H groups in total. The van der Waals surface area contributed by atoms with Crippen molar-refractivity contribution in [2.45, 2.75) is 57.7 Å². The lowest BCUT2D eigenvalue weighted by Crippen LogP contribution is -2.49. The summed E-state index contributed by atoms with van der Waals surface area (Å²) in [5.74, 6) is 1.82. The molecule has 0 bridgehead atoms. The minimum atomic E-state index is 0.304. The third-order valence-electron chi connectivity index (χ3n) is 4.85. The zero-order valence-electron chi connectivity index (χ0n) is 13.7. The molecule has 0 spiro atoms. The maximum Gasteiger partial charge on any atom is 0.123 e. The fourth-order valence-corrected chi connectivity index (χ4v) is 3.65. The highest BCUT2D eigenvalue weighted by atomic mass is 16.5. The fraction of sp³-hybridized carbons (Fsp3) is 0.667. The summed E-state index contributed by atoms with van der Waals surface area (Å²) >= 11 is 0. The van der Waals surface area contributed by atoms with Crippen molar-refractivity contribution in [3.05, 3.63) is 29.8 Å². The smallest absolute Gasteiger partial charge is 0.123 e. The van der Waals surface area contributed by atoms with Gasteiger partial charge in [-0.15, -0.1) is 0 Å². The summed E-state index contributed by atoms with van der Waals surface area (Å²) in [7, 11) is 3.94. The molecule has 0 aromatic heterocycles. The van der Waals surface area contributed by atoms with E-state index in [0.717, 1.165) is 24.6 Å². The molecule has 118 valence electrons. The first-order valence-corrected chi connectivity index (χ1v) is 8.23. The van der Waals surface area contributed by atoms with Crippen molar-refractivity contribution < 1.29 is 4.74 Å². The Morgan fingerprint density at radius 3 is 2.76 bits per heavy atom. The molecule has 1 saturated carbocycles. The van der Waals surface area contributed by atoms with Crippen molar-refractivity contribution in [3.63, 3.8) is 0 Å². The quantitative estimate of drug-likeness (QED) is 0.872. The lowest BCUT2D eigenvalue weighted by molar-refractivity contribution is 0.126. The van der Waals surface area contributed by atoms with Gasteiger partial charge in [0.1, 0.15) is 5.75 Å². The van der Waals surface area contributed by atoms with E-state index in [1.165, 1.54) is 31.2 Å². The Morgan fingerprint density at radius 1 is 1.29 bits per heavy atom. The average molecular weight is 290 g/mol. The minimum Gasteiger partial charge on any atom is -0.496 e. The zero-order valence-corrected chi connectivity index (χ0v) is 13.7. The Morgan fingerprint density at radius 2 is 2.05 bits per heavy atom. The Hall–Kier alpha value is -1.06. The van der Waals surface area contributed by atoms with Gasteiger partial charge in [0, 0.05) is 24.2 Å². The molecule has 1 aliphatic carbocycles. The maximum absolute atomic E-state index is 6.39. The standard InChI is InChI=1S/C18H30N2O/c1-4-7-14-10-11-16(19)17(12-14)20(2)13-15-8-5-6-9-18(15)21-3/h5-6,8-9,14,16-17H,4,7,10-13,19H2,1-3H3. The third kappa shape index (κ3) is 4.21. The van der Waals surface area contributed by atoms with Crippen molar-refractivity contribution in [1.29, 1.82) is 0 Å². The van der Waals surface area contributed by atoms with E-state index in [1.807, 2.05) is 12.1 Å². The second-order valence-electron chi connectivity index (χ2n) is 6.43. The molecule has 0 amide bonds. The first-order chi connectivity index (χ1) is 10.2. The SMILES string of the molecule is CCCC1CCC(N)C(N(C)Cc2ccccc2OC)C1. The Kier molecular flexibility index (Phi) is 6.07. The van der Waals surface area contributed by atoms with Gasteiger partial charge in [-0.05, 0) is 38.3 Å². The van der Waals surface area contributed by atoms with Crippen molar-refractivity contribution >= 4 is 0 Å². The van der Waals surface area contributed by atoms with Gasteiger partial charge in [0.05, 0.1) is 7.11 Å². The Labute approximate surface area is 129 Å². The average Bonchev–Trinajstić information content (AvgIpc) is 2.50. The summed E-state index contributed by atoms with van der Waals surface area (Å²) in [6.45, 7) is 3.18. The first-order valence-electron chi connectivity index (χ1n) is 8.23. The van der Waals surface area contributed by atoms with Crippen LogP contribution in [0.5, 0.6) is 5.75 Å². The van der Waals surface area contributed by atoms with E-state index in [-0.39, 0.29) is 0 Å². The van der Waals surface area contributed by atoms with Crippen LogP contribution >= 0.6 is 0 Å². The third-order valence-corrected chi connectivity index (χ3v) is 4.85. The van der Waals surface area contributed by atoms with Crippen molar-refractivity contribution in [1.82, 2.24) is 4.90 Å². The molecule has 3 unspecified atom stereocenters. The number of hydrogen-bond donors (Lipinski definition) is 1. The van der Waals surface area contributed by atoms with Gasteiger partial charge >= 0.3 is 0 Å². The molecule has 1 aromatic rings. The molecular weight excluding hydrogens is 260 g/mol. The van der Waals surface area contributed by atoms with Crippen LogP contribution in [0.1, 0.15) is 44.6 Å². The van der Waals surface area contributed by atoms with Crippen LogP contribution in [-0.4, -0.2) is 31.1 Å². The van der Waals surface area contributed by atoms with Crippen LogP contribution in [0.25, 0.3) is 0 Å². The van der Waals surface area contributed by atoms with Gasteiger partial charge in [0.2, 0.25) is 0 Å². The van der Waals surface area contributed by atoms with Gasteiger partial charge in [0.15, 0.2) is 0 Å². The van der Waals surface area contributed by atoms with Gasteiger partial charge in [-0.3, -0.25) is 4.90 Å². The first kappa shape index (κ1) is 16.3. The molecule has 1 aliphatic rings. The van der Waals surface area contributed by atoms with Crippen LogP contribution in [0.15, 0.2) is 24.3 Å². The fourth-order valence-electron chi connectivity index (χ4n) is 3.65. The van der Waals surface area contributed by atoms with Crippen LogP contribution in [0.3, 0.4) is 0 Å². The highest BCUT2D eigenvalue weighted by molar-refractivity contribution is 5.33. The van der Waals surface area contributed by atoms with Crippen LogP contribution in [0.4, 0.5) is 0 Å². The van der Waals surface area contributed by atoms with Crippen LogP contribution in [-0.2, 0) is 6.54 Å². The predicted octanol–water partition coefficient (Wildman–Crippen LogP) is 3.42. The predicted molar refractivity (Wildman–Crippen MR) is 88.5 cm³/mol. The van der Waals surface area contributed by atoms with Gasteiger partial charge in [0.25, 0.3) is 0 Å². The molecule has 0 radical (unpaired) electrons. The molecule has 1 aromatic carbocycles. The van der Waals surface area contributed by atoms with Gasteiger partial charge < -0.3 is 10.5 Å². The Bertz CT molecular complexity index is 435. The molecule has 0 saturated heterocycles. The second kappa shape index (κ2) is 7.81. The van der Waals surface area contributed by atoms with Crippen LogP contribution < -0.4 is 10.5 Å². The second-order valence-corrected chi connectivity index (χ2v) is 6.43.